The molecule has 1 aromatic carbocycles. The predicted molar refractivity (Wildman–Crippen MR) is 64.8 cm³/mol. The zero-order valence-electron chi connectivity index (χ0n) is 10.2. The Morgan fingerprint density at radius 2 is 2.21 bits per heavy atom. The molecule has 0 aliphatic carbocycles. The van der Waals surface area contributed by atoms with Crippen molar-refractivity contribution in [3.05, 3.63) is 52.1 Å². The van der Waals surface area contributed by atoms with Crippen LogP contribution in [0, 0.1) is 21.7 Å². The fourth-order valence-electron chi connectivity index (χ4n) is 1.50. The molecule has 0 heterocycles. The Labute approximate surface area is 108 Å². The van der Waals surface area contributed by atoms with Crippen molar-refractivity contribution < 1.29 is 18.5 Å². The van der Waals surface area contributed by atoms with E-state index in [-0.39, 0.29) is 6.04 Å². The molecule has 1 unspecified atom stereocenters. The second-order valence-electron chi connectivity index (χ2n) is 3.91. The second-order valence-corrected chi connectivity index (χ2v) is 3.91. The summed E-state index contributed by atoms with van der Waals surface area (Å²) in [5.41, 5.74) is -1.90. The van der Waals surface area contributed by atoms with Gasteiger partial charge in [0.1, 0.15) is 11.4 Å². The Kier molecular flexibility index (Phi) is 4.68. The third kappa shape index (κ3) is 3.34. The Bertz CT molecular complexity index is 532. The number of benzene rings is 1. The summed E-state index contributed by atoms with van der Waals surface area (Å²) in [6.45, 7) is 5.08. The van der Waals surface area contributed by atoms with Crippen LogP contribution < -0.4 is 5.32 Å². The third-order valence-electron chi connectivity index (χ3n) is 2.39. The van der Waals surface area contributed by atoms with E-state index in [9.17, 15) is 23.7 Å². The predicted octanol–water partition coefficient (Wildman–Crippen LogP) is 2.57. The van der Waals surface area contributed by atoms with Crippen LogP contribution in [0.4, 0.5) is 14.5 Å². The number of nitro benzene ring substituents is 1. The molecule has 7 heteroatoms. The summed E-state index contributed by atoms with van der Waals surface area (Å²) in [4.78, 5) is 21.2. The quantitative estimate of drug-likeness (QED) is 0.507. The van der Waals surface area contributed by atoms with Gasteiger partial charge in [-0.2, -0.15) is 4.39 Å². The average molecular weight is 270 g/mol. The van der Waals surface area contributed by atoms with E-state index in [0.717, 1.165) is 0 Å². The summed E-state index contributed by atoms with van der Waals surface area (Å²) >= 11 is 0. The zero-order chi connectivity index (χ0) is 14.6. The molecule has 1 aromatic rings. The maximum Gasteiger partial charge on any atom is 0.305 e. The summed E-state index contributed by atoms with van der Waals surface area (Å²) in [5, 5.41) is 12.9. The van der Waals surface area contributed by atoms with Crippen LogP contribution in [0.3, 0.4) is 0 Å². The maximum atomic E-state index is 13.7. The molecule has 102 valence electrons. The van der Waals surface area contributed by atoms with Gasteiger partial charge >= 0.3 is 5.69 Å². The molecule has 0 fully saturated rings. The van der Waals surface area contributed by atoms with E-state index in [1.165, 1.54) is 6.08 Å². The Balaban J connectivity index is 3.12. The Morgan fingerprint density at radius 3 is 2.74 bits per heavy atom. The highest BCUT2D eigenvalue weighted by Gasteiger charge is 2.26. The third-order valence-corrected chi connectivity index (χ3v) is 2.39. The Morgan fingerprint density at radius 1 is 1.58 bits per heavy atom. The van der Waals surface area contributed by atoms with E-state index in [1.54, 1.807) is 6.92 Å². The molecule has 0 radical (unpaired) electrons. The fraction of sp³-hybridized carbons (Fsp3) is 0.250. The Hall–Kier alpha value is -2.31. The highest BCUT2D eigenvalue weighted by atomic mass is 19.1. The van der Waals surface area contributed by atoms with Gasteiger partial charge in [-0.3, -0.25) is 14.9 Å². The number of hydrogen-bond donors (Lipinski definition) is 1. The highest BCUT2D eigenvalue weighted by molar-refractivity contribution is 5.95. The summed E-state index contributed by atoms with van der Waals surface area (Å²) < 4.78 is 27.1. The van der Waals surface area contributed by atoms with Gasteiger partial charge in [-0.05, 0) is 19.4 Å². The van der Waals surface area contributed by atoms with Crippen molar-refractivity contribution in [2.45, 2.75) is 19.4 Å². The molecule has 0 spiro atoms. The normalized spacial score (nSPS) is 11.7. The molecule has 5 nitrogen and oxygen atoms in total. The minimum absolute atomic E-state index is 0.386. The van der Waals surface area contributed by atoms with Gasteiger partial charge in [0.15, 0.2) is 0 Å². The van der Waals surface area contributed by atoms with Gasteiger partial charge in [-0.25, -0.2) is 4.39 Å². The van der Waals surface area contributed by atoms with Crippen LogP contribution in [-0.4, -0.2) is 16.9 Å². The molecule has 0 saturated heterocycles. The number of nitro groups is 1. The van der Waals surface area contributed by atoms with E-state index < -0.39 is 33.7 Å². The first-order chi connectivity index (χ1) is 8.88. The average Bonchev–Trinajstić information content (AvgIpc) is 2.28. The molecule has 0 aliphatic heterocycles. The molecule has 0 bridgehead atoms. The smallest absolute Gasteiger partial charge is 0.305 e. The number of nitrogens with zero attached hydrogens (tertiary/aromatic N) is 1. The minimum atomic E-state index is -1.48. The standard InChI is InChI=1S/C12H12F2N2O3/c1-3-4-7(2)15-12(17)10-8(13)5-6-9(11(10)14)16(18)19/h3,5-7H,1,4H2,2H3,(H,15,17). The summed E-state index contributed by atoms with van der Waals surface area (Å²) in [5.74, 6) is -3.66. The van der Waals surface area contributed by atoms with Gasteiger partial charge in [0.25, 0.3) is 5.91 Å². The topological polar surface area (TPSA) is 72.2 Å². The van der Waals surface area contributed by atoms with Crippen molar-refractivity contribution in [1.82, 2.24) is 5.32 Å². The lowest BCUT2D eigenvalue weighted by Crippen LogP contribution is -2.33. The number of amides is 1. The van der Waals surface area contributed by atoms with Gasteiger partial charge in [0.2, 0.25) is 5.82 Å². The number of nitrogens with one attached hydrogen (secondary N) is 1. The number of hydrogen-bond acceptors (Lipinski definition) is 3. The van der Waals surface area contributed by atoms with Crippen LogP contribution >= 0.6 is 0 Å². The van der Waals surface area contributed by atoms with E-state index in [4.69, 9.17) is 0 Å². The highest BCUT2D eigenvalue weighted by Crippen LogP contribution is 2.23. The monoisotopic (exact) mass is 270 g/mol. The SMILES string of the molecule is C=CCC(C)NC(=O)c1c(F)ccc([N+](=O)[O-])c1F. The first-order valence-corrected chi connectivity index (χ1v) is 5.42. The number of carbonyl (C=O) groups is 1. The number of halogens is 2. The van der Waals surface area contributed by atoms with Crippen molar-refractivity contribution in [2.75, 3.05) is 0 Å². The summed E-state index contributed by atoms with van der Waals surface area (Å²) in [6.07, 6.45) is 1.94. The van der Waals surface area contributed by atoms with E-state index in [2.05, 4.69) is 11.9 Å². The summed E-state index contributed by atoms with van der Waals surface area (Å²) in [7, 11) is 0. The molecular weight excluding hydrogens is 258 g/mol. The van der Waals surface area contributed by atoms with Crippen molar-refractivity contribution in [1.29, 1.82) is 0 Å². The van der Waals surface area contributed by atoms with E-state index in [0.29, 0.717) is 18.6 Å². The largest absolute Gasteiger partial charge is 0.349 e. The molecular formula is C12H12F2N2O3. The van der Waals surface area contributed by atoms with Crippen LogP contribution in [0.25, 0.3) is 0 Å². The van der Waals surface area contributed by atoms with Crippen LogP contribution in [-0.2, 0) is 0 Å². The lowest BCUT2D eigenvalue weighted by molar-refractivity contribution is -0.387. The lowest BCUT2D eigenvalue weighted by Gasteiger charge is -2.12. The van der Waals surface area contributed by atoms with Gasteiger partial charge in [0.05, 0.1) is 4.92 Å². The van der Waals surface area contributed by atoms with Crippen molar-refractivity contribution in [3.8, 4) is 0 Å². The van der Waals surface area contributed by atoms with Crippen molar-refractivity contribution in [3.63, 3.8) is 0 Å². The fourth-order valence-corrected chi connectivity index (χ4v) is 1.50. The van der Waals surface area contributed by atoms with Gasteiger partial charge < -0.3 is 5.32 Å². The number of rotatable bonds is 5. The zero-order valence-corrected chi connectivity index (χ0v) is 10.2. The van der Waals surface area contributed by atoms with Crippen molar-refractivity contribution in [2.24, 2.45) is 0 Å². The van der Waals surface area contributed by atoms with Gasteiger partial charge in [-0.1, -0.05) is 6.08 Å². The maximum absolute atomic E-state index is 13.7. The molecule has 1 rings (SSSR count). The molecule has 1 amide bonds. The van der Waals surface area contributed by atoms with Crippen LogP contribution in [0.2, 0.25) is 0 Å². The molecule has 1 N–H and O–H groups in total. The van der Waals surface area contributed by atoms with E-state index in [1.807, 2.05) is 0 Å². The van der Waals surface area contributed by atoms with Gasteiger partial charge in [0, 0.05) is 12.1 Å². The first-order valence-electron chi connectivity index (χ1n) is 5.42. The molecule has 19 heavy (non-hydrogen) atoms. The van der Waals surface area contributed by atoms with E-state index >= 15 is 0 Å². The molecule has 0 aromatic heterocycles. The van der Waals surface area contributed by atoms with Crippen LogP contribution in [0.15, 0.2) is 24.8 Å². The first kappa shape index (κ1) is 14.7. The number of carbonyl (C=O) groups excluding carboxylic acids is 1. The lowest BCUT2D eigenvalue weighted by atomic mass is 10.1. The van der Waals surface area contributed by atoms with Crippen molar-refractivity contribution >= 4 is 11.6 Å². The van der Waals surface area contributed by atoms with Crippen LogP contribution in [0.5, 0.6) is 0 Å². The summed E-state index contributed by atoms with van der Waals surface area (Å²) in [6, 6.07) is 0.978. The second kappa shape index (κ2) is 6.03. The van der Waals surface area contributed by atoms with Gasteiger partial charge in [-0.15, -0.1) is 6.58 Å². The molecule has 0 aliphatic rings. The minimum Gasteiger partial charge on any atom is -0.349 e. The molecule has 0 saturated carbocycles. The van der Waals surface area contributed by atoms with Crippen LogP contribution in [0.1, 0.15) is 23.7 Å². The molecule has 1 atom stereocenters.